The molecule has 7 nitrogen and oxygen atoms in total. The highest BCUT2D eigenvalue weighted by molar-refractivity contribution is 6.05. The van der Waals surface area contributed by atoms with Crippen molar-refractivity contribution in [2.75, 3.05) is 18.6 Å². The molecule has 7 heteroatoms. The maximum absolute atomic E-state index is 11.9. The van der Waals surface area contributed by atoms with Crippen molar-refractivity contribution < 1.29 is 19.1 Å². The van der Waals surface area contributed by atoms with Gasteiger partial charge >= 0.3 is 5.97 Å². The van der Waals surface area contributed by atoms with E-state index in [2.05, 4.69) is 9.72 Å². The fraction of sp³-hybridized carbons (Fsp3) is 0.333. The lowest BCUT2D eigenvalue weighted by atomic mass is 10.1. The molecule has 0 aliphatic carbocycles. The molecule has 1 aliphatic heterocycles. The van der Waals surface area contributed by atoms with Gasteiger partial charge in [0.25, 0.3) is 0 Å². The quantitative estimate of drug-likeness (QED) is 0.754. The highest BCUT2D eigenvalue weighted by Crippen LogP contribution is 2.27. The Balaban J connectivity index is 2.35. The van der Waals surface area contributed by atoms with Gasteiger partial charge in [-0.1, -0.05) is 0 Å². The molecule has 2 heterocycles. The van der Waals surface area contributed by atoms with E-state index in [0.29, 0.717) is 5.69 Å². The van der Waals surface area contributed by atoms with Gasteiger partial charge in [0, 0.05) is 25.4 Å². The van der Waals surface area contributed by atoms with Gasteiger partial charge in [-0.3, -0.25) is 14.6 Å². The zero-order valence-corrected chi connectivity index (χ0v) is 10.3. The predicted molar refractivity (Wildman–Crippen MR) is 65.2 cm³/mol. The van der Waals surface area contributed by atoms with Crippen molar-refractivity contribution in [3.63, 3.8) is 0 Å². The van der Waals surface area contributed by atoms with Crippen LogP contribution < -0.4 is 10.6 Å². The zero-order chi connectivity index (χ0) is 14.0. The molecule has 1 aromatic rings. The Bertz CT molecular complexity index is 544. The predicted octanol–water partition coefficient (Wildman–Crippen LogP) is -0.294. The highest BCUT2D eigenvalue weighted by atomic mass is 16.5. The lowest BCUT2D eigenvalue weighted by molar-refractivity contribution is -0.123. The number of amides is 2. The van der Waals surface area contributed by atoms with Crippen LogP contribution in [0.4, 0.5) is 5.69 Å². The van der Waals surface area contributed by atoms with Gasteiger partial charge < -0.3 is 15.4 Å². The minimum Gasteiger partial charge on any atom is -0.465 e. The lowest BCUT2D eigenvalue weighted by Gasteiger charge is -2.18. The monoisotopic (exact) mass is 263 g/mol. The first-order valence-electron chi connectivity index (χ1n) is 5.66. The number of rotatable bonds is 3. The molecule has 1 atom stereocenters. The van der Waals surface area contributed by atoms with Crippen molar-refractivity contribution in [2.24, 2.45) is 11.7 Å². The molecule has 1 fully saturated rings. The number of hydrogen-bond acceptors (Lipinski definition) is 5. The van der Waals surface area contributed by atoms with Crippen LogP contribution in [0.5, 0.6) is 0 Å². The molecule has 1 aliphatic rings. The Morgan fingerprint density at radius 1 is 1.53 bits per heavy atom. The number of anilines is 1. The van der Waals surface area contributed by atoms with E-state index in [1.807, 2.05) is 0 Å². The molecular formula is C12H13N3O4. The van der Waals surface area contributed by atoms with E-state index >= 15 is 0 Å². The van der Waals surface area contributed by atoms with Crippen LogP contribution in [-0.4, -0.2) is 36.4 Å². The first-order valence-corrected chi connectivity index (χ1v) is 5.66. The van der Waals surface area contributed by atoms with Crippen molar-refractivity contribution >= 4 is 23.5 Å². The average Bonchev–Trinajstić information content (AvgIpc) is 2.80. The molecule has 0 spiro atoms. The van der Waals surface area contributed by atoms with E-state index in [-0.39, 0.29) is 24.4 Å². The van der Waals surface area contributed by atoms with Crippen LogP contribution in [-0.2, 0) is 14.3 Å². The number of esters is 1. The van der Waals surface area contributed by atoms with Gasteiger partial charge in [-0.25, -0.2) is 4.79 Å². The third kappa shape index (κ3) is 2.40. The number of methoxy groups -OCH3 is 1. The number of carbonyl (C=O) groups excluding carboxylic acids is 3. The van der Waals surface area contributed by atoms with Crippen molar-refractivity contribution in [3.8, 4) is 0 Å². The van der Waals surface area contributed by atoms with Gasteiger partial charge in [0.05, 0.1) is 18.7 Å². The summed E-state index contributed by atoms with van der Waals surface area (Å²) in [5.74, 6) is -1.89. The molecule has 0 bridgehead atoms. The van der Waals surface area contributed by atoms with Gasteiger partial charge in [0.15, 0.2) is 0 Å². The minimum atomic E-state index is -0.585. The zero-order valence-electron chi connectivity index (χ0n) is 10.3. The number of aromatic nitrogens is 1. The van der Waals surface area contributed by atoms with Crippen LogP contribution >= 0.6 is 0 Å². The standard InChI is InChI=1S/C12H13N3O4/c1-19-12(18)8-5-14-3-2-9(8)15-6-7(11(13)17)4-10(15)16/h2-3,5,7H,4,6H2,1H3,(H2,13,17). The fourth-order valence-electron chi connectivity index (χ4n) is 2.02. The molecule has 0 aromatic carbocycles. The molecule has 1 aromatic heterocycles. The van der Waals surface area contributed by atoms with Crippen LogP contribution in [0.15, 0.2) is 18.5 Å². The number of nitrogens with zero attached hydrogens (tertiary/aromatic N) is 2. The molecule has 19 heavy (non-hydrogen) atoms. The van der Waals surface area contributed by atoms with Gasteiger partial charge in [-0.05, 0) is 6.07 Å². The molecule has 1 saturated heterocycles. The SMILES string of the molecule is COC(=O)c1cnccc1N1CC(C(N)=O)CC1=O. The first kappa shape index (κ1) is 13.0. The summed E-state index contributed by atoms with van der Waals surface area (Å²) in [6.45, 7) is 0.169. The Labute approximate surface area is 109 Å². The van der Waals surface area contributed by atoms with Crippen molar-refractivity contribution in [1.82, 2.24) is 4.98 Å². The average molecular weight is 263 g/mol. The van der Waals surface area contributed by atoms with Gasteiger partial charge in [-0.2, -0.15) is 0 Å². The summed E-state index contributed by atoms with van der Waals surface area (Å²) >= 11 is 0. The van der Waals surface area contributed by atoms with E-state index in [4.69, 9.17) is 5.73 Å². The third-order valence-electron chi connectivity index (χ3n) is 3.02. The summed E-state index contributed by atoms with van der Waals surface area (Å²) in [7, 11) is 1.25. The third-order valence-corrected chi connectivity index (χ3v) is 3.02. The van der Waals surface area contributed by atoms with E-state index in [1.54, 1.807) is 0 Å². The maximum atomic E-state index is 11.9. The van der Waals surface area contributed by atoms with Crippen LogP contribution in [0, 0.1) is 5.92 Å². The number of carbonyl (C=O) groups is 3. The molecule has 0 saturated carbocycles. The number of hydrogen-bond donors (Lipinski definition) is 1. The second-order valence-corrected chi connectivity index (χ2v) is 4.19. The summed E-state index contributed by atoms with van der Waals surface area (Å²) in [6.07, 6.45) is 2.84. The van der Waals surface area contributed by atoms with Gasteiger partial charge in [0.1, 0.15) is 5.56 Å². The Hall–Kier alpha value is -2.44. The summed E-state index contributed by atoms with van der Waals surface area (Å²) in [4.78, 5) is 39.9. The maximum Gasteiger partial charge on any atom is 0.341 e. The number of primary amides is 1. The van der Waals surface area contributed by atoms with Crippen LogP contribution in [0.3, 0.4) is 0 Å². The smallest absolute Gasteiger partial charge is 0.341 e. The second-order valence-electron chi connectivity index (χ2n) is 4.19. The largest absolute Gasteiger partial charge is 0.465 e. The minimum absolute atomic E-state index is 0.0538. The second kappa shape index (κ2) is 5.05. The summed E-state index contributed by atoms with van der Waals surface area (Å²) in [5, 5.41) is 0. The van der Waals surface area contributed by atoms with Crippen LogP contribution in [0.1, 0.15) is 16.8 Å². The number of ether oxygens (including phenoxy) is 1. The van der Waals surface area contributed by atoms with E-state index in [0.717, 1.165) is 0 Å². The van der Waals surface area contributed by atoms with Crippen molar-refractivity contribution in [1.29, 1.82) is 0 Å². The summed E-state index contributed by atoms with van der Waals surface area (Å²) < 4.78 is 4.64. The van der Waals surface area contributed by atoms with E-state index in [9.17, 15) is 14.4 Å². The molecule has 2 N–H and O–H groups in total. The molecule has 100 valence electrons. The molecule has 0 radical (unpaired) electrons. The molecule has 1 unspecified atom stereocenters. The fourth-order valence-corrected chi connectivity index (χ4v) is 2.02. The van der Waals surface area contributed by atoms with Gasteiger partial charge in [-0.15, -0.1) is 0 Å². The lowest BCUT2D eigenvalue weighted by Crippen LogP contribution is -2.29. The van der Waals surface area contributed by atoms with Crippen LogP contribution in [0.25, 0.3) is 0 Å². The van der Waals surface area contributed by atoms with E-state index < -0.39 is 17.8 Å². The highest BCUT2D eigenvalue weighted by Gasteiger charge is 2.35. The van der Waals surface area contributed by atoms with Crippen LogP contribution in [0.2, 0.25) is 0 Å². The van der Waals surface area contributed by atoms with Crippen molar-refractivity contribution in [3.05, 3.63) is 24.0 Å². The Morgan fingerprint density at radius 3 is 2.84 bits per heavy atom. The summed E-state index contributed by atoms with van der Waals surface area (Å²) in [5.41, 5.74) is 5.77. The first-order chi connectivity index (χ1) is 9.04. The molecular weight excluding hydrogens is 250 g/mol. The molecule has 2 amide bonds. The number of pyridine rings is 1. The number of nitrogens with two attached hydrogens (primary N) is 1. The van der Waals surface area contributed by atoms with Gasteiger partial charge in [0.2, 0.25) is 11.8 Å². The normalized spacial score (nSPS) is 18.5. The Morgan fingerprint density at radius 2 is 2.26 bits per heavy atom. The topological polar surface area (TPSA) is 103 Å². The summed E-state index contributed by atoms with van der Waals surface area (Å²) in [6, 6.07) is 1.54. The Kier molecular flexibility index (Phi) is 3.46. The van der Waals surface area contributed by atoms with E-state index in [1.165, 1.54) is 30.5 Å². The van der Waals surface area contributed by atoms with Crippen molar-refractivity contribution in [2.45, 2.75) is 6.42 Å². The molecule has 2 rings (SSSR count).